The Morgan fingerprint density at radius 2 is 2.15 bits per heavy atom. The first kappa shape index (κ1) is 21.4. The van der Waals surface area contributed by atoms with Crippen LogP contribution in [0.2, 0.25) is 10.0 Å². The van der Waals surface area contributed by atoms with E-state index in [1.165, 1.54) is 0 Å². The molecule has 0 radical (unpaired) electrons. The van der Waals surface area contributed by atoms with Gasteiger partial charge in [0.2, 0.25) is 5.91 Å². The van der Waals surface area contributed by atoms with Crippen LogP contribution < -0.4 is 5.32 Å². The van der Waals surface area contributed by atoms with Crippen LogP contribution in [0.25, 0.3) is 0 Å². The van der Waals surface area contributed by atoms with Crippen LogP contribution in [0.5, 0.6) is 0 Å². The Morgan fingerprint density at radius 1 is 1.42 bits per heavy atom. The molecule has 0 spiro atoms. The van der Waals surface area contributed by atoms with Gasteiger partial charge in [0.25, 0.3) is 0 Å². The van der Waals surface area contributed by atoms with Crippen LogP contribution >= 0.6 is 23.2 Å². The van der Waals surface area contributed by atoms with Crippen molar-refractivity contribution in [1.29, 1.82) is 0 Å². The van der Waals surface area contributed by atoms with Gasteiger partial charge in [-0.1, -0.05) is 29.3 Å². The van der Waals surface area contributed by atoms with E-state index >= 15 is 0 Å². The van der Waals surface area contributed by atoms with E-state index in [1.54, 1.807) is 24.1 Å². The number of sulfone groups is 1. The van der Waals surface area contributed by atoms with Crippen molar-refractivity contribution < 1.29 is 17.9 Å². The number of carbonyl (C=O) groups is 1. The minimum atomic E-state index is -3.07. The highest BCUT2D eigenvalue weighted by molar-refractivity contribution is 7.91. The second-order valence-corrected chi connectivity index (χ2v) is 9.48. The summed E-state index contributed by atoms with van der Waals surface area (Å²) in [5.74, 6) is -0.0132. The quantitative estimate of drug-likeness (QED) is 0.695. The van der Waals surface area contributed by atoms with E-state index in [4.69, 9.17) is 27.9 Å². The minimum Gasteiger partial charge on any atom is -0.383 e. The Morgan fingerprint density at radius 3 is 2.73 bits per heavy atom. The summed E-state index contributed by atoms with van der Waals surface area (Å²) >= 11 is 12.1. The van der Waals surface area contributed by atoms with Gasteiger partial charge in [0.05, 0.1) is 24.7 Å². The Labute approximate surface area is 164 Å². The Hall–Kier alpha value is -0.860. The average Bonchev–Trinajstić information content (AvgIpc) is 2.92. The van der Waals surface area contributed by atoms with Gasteiger partial charge in [-0.25, -0.2) is 8.42 Å². The van der Waals surface area contributed by atoms with Crippen molar-refractivity contribution in [3.8, 4) is 0 Å². The van der Waals surface area contributed by atoms with Gasteiger partial charge in [0, 0.05) is 35.8 Å². The molecule has 1 aromatic rings. The molecule has 0 bridgehead atoms. The lowest BCUT2D eigenvalue weighted by atomic mass is 10.1. The molecule has 26 heavy (non-hydrogen) atoms. The van der Waals surface area contributed by atoms with Crippen molar-refractivity contribution in [2.24, 2.45) is 0 Å². The van der Waals surface area contributed by atoms with Gasteiger partial charge < -0.3 is 15.0 Å². The molecule has 2 unspecified atom stereocenters. The maximum atomic E-state index is 12.7. The molecule has 6 nitrogen and oxygen atoms in total. The zero-order valence-corrected chi connectivity index (χ0v) is 17.2. The molecule has 1 aromatic carbocycles. The molecular weight excluding hydrogens is 399 g/mol. The van der Waals surface area contributed by atoms with Crippen LogP contribution in [-0.4, -0.2) is 63.6 Å². The van der Waals surface area contributed by atoms with E-state index in [0.29, 0.717) is 29.6 Å². The number of ether oxygens (including phenoxy) is 1. The number of rotatable bonds is 8. The minimum absolute atomic E-state index is 0.0149. The normalized spacial score (nSPS) is 20.1. The van der Waals surface area contributed by atoms with E-state index in [1.807, 2.05) is 13.0 Å². The number of amides is 1. The molecule has 146 valence electrons. The van der Waals surface area contributed by atoms with Gasteiger partial charge in [-0.05, 0) is 31.0 Å². The van der Waals surface area contributed by atoms with Gasteiger partial charge >= 0.3 is 0 Å². The second-order valence-electron chi connectivity index (χ2n) is 6.41. The number of carbonyl (C=O) groups excluding carboxylic acids is 1. The van der Waals surface area contributed by atoms with E-state index in [2.05, 4.69) is 5.32 Å². The lowest BCUT2D eigenvalue weighted by Crippen LogP contribution is -2.47. The first-order chi connectivity index (χ1) is 12.2. The zero-order chi connectivity index (χ0) is 19.3. The largest absolute Gasteiger partial charge is 0.383 e. The molecule has 1 aliphatic rings. The molecule has 1 amide bonds. The van der Waals surface area contributed by atoms with E-state index in [-0.39, 0.29) is 36.0 Å². The number of hydrogen-bond acceptors (Lipinski definition) is 5. The first-order valence-electron chi connectivity index (χ1n) is 8.40. The summed E-state index contributed by atoms with van der Waals surface area (Å²) in [6.45, 7) is 2.72. The lowest BCUT2D eigenvalue weighted by Gasteiger charge is -2.29. The van der Waals surface area contributed by atoms with Crippen LogP contribution in [0.4, 0.5) is 0 Å². The van der Waals surface area contributed by atoms with Gasteiger partial charge in [0.15, 0.2) is 9.84 Å². The third kappa shape index (κ3) is 5.82. The molecule has 2 rings (SSSR count). The van der Waals surface area contributed by atoms with Crippen molar-refractivity contribution >= 4 is 38.9 Å². The molecule has 0 saturated carbocycles. The maximum absolute atomic E-state index is 12.7. The van der Waals surface area contributed by atoms with Crippen molar-refractivity contribution in [1.82, 2.24) is 10.2 Å². The molecule has 1 fully saturated rings. The maximum Gasteiger partial charge on any atom is 0.236 e. The van der Waals surface area contributed by atoms with Crippen LogP contribution in [0.3, 0.4) is 0 Å². The number of hydrogen-bond donors (Lipinski definition) is 1. The summed E-state index contributed by atoms with van der Waals surface area (Å²) in [5, 5.41) is 4.23. The van der Waals surface area contributed by atoms with Crippen molar-refractivity contribution in [2.45, 2.75) is 25.4 Å². The van der Waals surface area contributed by atoms with E-state index in [9.17, 15) is 13.2 Å². The highest BCUT2D eigenvalue weighted by atomic mass is 35.5. The molecule has 0 aliphatic carbocycles. The van der Waals surface area contributed by atoms with Crippen LogP contribution in [-0.2, 0) is 19.4 Å². The predicted octanol–water partition coefficient (Wildman–Crippen LogP) is 2.31. The van der Waals surface area contributed by atoms with E-state index < -0.39 is 9.84 Å². The summed E-state index contributed by atoms with van der Waals surface area (Å²) < 4.78 is 28.6. The molecule has 1 saturated heterocycles. The van der Waals surface area contributed by atoms with Gasteiger partial charge in [-0.2, -0.15) is 0 Å². The highest BCUT2D eigenvalue weighted by Gasteiger charge is 2.34. The molecular formula is C17H24Cl2N2O4S. The predicted molar refractivity (Wildman–Crippen MR) is 104 cm³/mol. The number of benzene rings is 1. The summed E-state index contributed by atoms with van der Waals surface area (Å²) in [7, 11) is -1.52. The standard InChI is InChI=1S/C17H24Cl2N2O4S/c1-12(15-4-3-13(18)9-16(15)19)20-10-17(22)21(6-7-25-2)14-5-8-26(23,24)11-14/h3-4,9,12,14,20H,5-8,10-11H2,1-2H3. The number of methoxy groups -OCH3 is 1. The smallest absolute Gasteiger partial charge is 0.236 e. The number of halogens is 2. The number of nitrogens with zero attached hydrogens (tertiary/aromatic N) is 1. The van der Waals surface area contributed by atoms with Crippen molar-refractivity contribution in [3.63, 3.8) is 0 Å². The third-order valence-electron chi connectivity index (χ3n) is 4.49. The average molecular weight is 423 g/mol. The topological polar surface area (TPSA) is 75.7 Å². The molecule has 1 aliphatic heterocycles. The second kappa shape index (κ2) is 9.37. The molecule has 1 N–H and O–H groups in total. The zero-order valence-electron chi connectivity index (χ0n) is 14.9. The van der Waals surface area contributed by atoms with Crippen molar-refractivity contribution in [3.05, 3.63) is 33.8 Å². The van der Waals surface area contributed by atoms with E-state index in [0.717, 1.165) is 5.56 Å². The van der Waals surface area contributed by atoms with Crippen LogP contribution in [0, 0.1) is 0 Å². The molecule has 1 heterocycles. The molecule has 2 atom stereocenters. The first-order valence-corrected chi connectivity index (χ1v) is 11.0. The van der Waals surface area contributed by atoms with Gasteiger partial charge in [-0.15, -0.1) is 0 Å². The van der Waals surface area contributed by atoms with Gasteiger partial charge in [-0.3, -0.25) is 4.79 Å². The highest BCUT2D eigenvalue weighted by Crippen LogP contribution is 2.26. The summed E-state index contributed by atoms with van der Waals surface area (Å²) in [6, 6.07) is 4.78. The van der Waals surface area contributed by atoms with Gasteiger partial charge in [0.1, 0.15) is 0 Å². The molecule has 0 aromatic heterocycles. The Kier molecular flexibility index (Phi) is 7.73. The summed E-state index contributed by atoms with van der Waals surface area (Å²) in [5.41, 5.74) is 0.843. The van der Waals surface area contributed by atoms with Crippen molar-refractivity contribution in [2.75, 3.05) is 38.3 Å². The van der Waals surface area contributed by atoms with Crippen LogP contribution in [0.15, 0.2) is 18.2 Å². The fraction of sp³-hybridized carbons (Fsp3) is 0.588. The SMILES string of the molecule is COCCN(C(=O)CNC(C)c1ccc(Cl)cc1Cl)C1CCS(=O)(=O)C1. The lowest BCUT2D eigenvalue weighted by molar-refractivity contribution is -0.132. The fourth-order valence-corrected chi connectivity index (χ4v) is 5.33. The fourth-order valence-electron chi connectivity index (χ4n) is 3.03. The van der Waals surface area contributed by atoms with Crippen LogP contribution in [0.1, 0.15) is 24.9 Å². The Balaban J connectivity index is 2.00. The third-order valence-corrected chi connectivity index (χ3v) is 6.81. The summed E-state index contributed by atoms with van der Waals surface area (Å²) in [4.78, 5) is 14.3. The number of nitrogens with one attached hydrogen (secondary N) is 1. The molecule has 9 heteroatoms. The monoisotopic (exact) mass is 422 g/mol. The Bertz CT molecular complexity index is 742. The summed E-state index contributed by atoms with van der Waals surface area (Å²) in [6.07, 6.45) is 0.469.